The van der Waals surface area contributed by atoms with E-state index in [1.54, 1.807) is 6.20 Å². The normalized spacial score (nSPS) is 28.2. The molecular formula is C13H15N3OS. The standard InChI is InChI=1S/C13H15N3OS/c14-6-2-3-8-7-15-13(18-8)16-12(17)11-9-4-1-5-10(9)11/h7,9-11H,1,4-6,14H2,(H,15,16,17). The van der Waals surface area contributed by atoms with Crippen LogP contribution in [0, 0.1) is 29.6 Å². The fraction of sp³-hybridized carbons (Fsp3) is 0.538. The fourth-order valence-electron chi connectivity index (χ4n) is 2.93. The van der Waals surface area contributed by atoms with E-state index < -0.39 is 0 Å². The van der Waals surface area contributed by atoms with Crippen LogP contribution in [0.5, 0.6) is 0 Å². The second-order valence-electron chi connectivity index (χ2n) is 4.81. The summed E-state index contributed by atoms with van der Waals surface area (Å²) in [6, 6.07) is 0. The second kappa shape index (κ2) is 4.71. The van der Waals surface area contributed by atoms with Crippen molar-refractivity contribution in [3.05, 3.63) is 11.1 Å². The lowest BCUT2D eigenvalue weighted by Gasteiger charge is -2.02. The van der Waals surface area contributed by atoms with E-state index in [0.29, 0.717) is 23.5 Å². The zero-order chi connectivity index (χ0) is 12.5. The Hall–Kier alpha value is -1.38. The molecule has 2 saturated carbocycles. The number of amides is 1. The summed E-state index contributed by atoms with van der Waals surface area (Å²) in [4.78, 5) is 17.0. The molecule has 0 radical (unpaired) electrons. The van der Waals surface area contributed by atoms with Gasteiger partial charge in [0.1, 0.15) is 0 Å². The number of nitrogens with zero attached hydrogens (tertiary/aromatic N) is 1. The minimum Gasteiger partial charge on any atom is -0.320 e. The molecule has 1 heterocycles. The van der Waals surface area contributed by atoms with Crippen LogP contribution in [0.25, 0.3) is 0 Å². The van der Waals surface area contributed by atoms with Crippen molar-refractivity contribution in [3.8, 4) is 11.8 Å². The Kier molecular flexibility index (Phi) is 3.06. The Morgan fingerprint density at radius 2 is 2.33 bits per heavy atom. The summed E-state index contributed by atoms with van der Waals surface area (Å²) >= 11 is 1.40. The van der Waals surface area contributed by atoms with Gasteiger partial charge in [0.15, 0.2) is 5.13 Å². The molecule has 1 amide bonds. The lowest BCUT2D eigenvalue weighted by molar-refractivity contribution is -0.118. The molecule has 1 aromatic rings. The van der Waals surface area contributed by atoms with Gasteiger partial charge in [-0.15, -0.1) is 0 Å². The van der Waals surface area contributed by atoms with Crippen molar-refractivity contribution in [1.82, 2.24) is 4.98 Å². The monoisotopic (exact) mass is 261 g/mol. The van der Waals surface area contributed by atoms with Crippen molar-refractivity contribution < 1.29 is 4.79 Å². The Morgan fingerprint density at radius 3 is 3.06 bits per heavy atom. The van der Waals surface area contributed by atoms with Gasteiger partial charge in [-0.25, -0.2) is 4.98 Å². The number of carbonyl (C=O) groups is 1. The van der Waals surface area contributed by atoms with Crippen LogP contribution in [0.4, 0.5) is 5.13 Å². The molecule has 0 aromatic carbocycles. The third-order valence-electron chi connectivity index (χ3n) is 3.76. The molecule has 0 spiro atoms. The number of hydrogen-bond donors (Lipinski definition) is 2. The van der Waals surface area contributed by atoms with E-state index in [4.69, 9.17) is 5.73 Å². The van der Waals surface area contributed by atoms with Crippen molar-refractivity contribution in [1.29, 1.82) is 0 Å². The van der Waals surface area contributed by atoms with E-state index in [1.807, 2.05) is 0 Å². The van der Waals surface area contributed by atoms with E-state index in [0.717, 1.165) is 4.88 Å². The Labute approximate surface area is 110 Å². The number of nitrogens with one attached hydrogen (secondary N) is 1. The number of aromatic nitrogens is 1. The number of nitrogens with two attached hydrogens (primary N) is 1. The molecule has 94 valence electrons. The summed E-state index contributed by atoms with van der Waals surface area (Å²) in [5.74, 6) is 7.34. The van der Waals surface area contributed by atoms with Gasteiger partial charge >= 0.3 is 0 Å². The zero-order valence-corrected chi connectivity index (χ0v) is 10.8. The van der Waals surface area contributed by atoms with Crippen LogP contribution >= 0.6 is 11.3 Å². The van der Waals surface area contributed by atoms with Gasteiger partial charge in [0.25, 0.3) is 0 Å². The maximum atomic E-state index is 12.0. The smallest absolute Gasteiger partial charge is 0.229 e. The highest BCUT2D eigenvalue weighted by molar-refractivity contribution is 7.16. The molecule has 0 saturated heterocycles. The number of hydrogen-bond acceptors (Lipinski definition) is 4. The van der Waals surface area contributed by atoms with Gasteiger partial charge in [-0.05, 0) is 24.7 Å². The number of carbonyl (C=O) groups excluding carboxylic acids is 1. The number of fused-ring (bicyclic) bond motifs is 1. The summed E-state index contributed by atoms with van der Waals surface area (Å²) in [7, 11) is 0. The Morgan fingerprint density at radius 1 is 1.56 bits per heavy atom. The molecular weight excluding hydrogens is 246 g/mol. The van der Waals surface area contributed by atoms with E-state index in [1.165, 1.54) is 30.6 Å². The molecule has 2 aliphatic rings. The summed E-state index contributed by atoms with van der Waals surface area (Å²) in [5.41, 5.74) is 5.31. The SMILES string of the molecule is NCC#Cc1cnc(NC(=O)C2C3CCCC32)s1. The van der Waals surface area contributed by atoms with Gasteiger partial charge in [0.05, 0.1) is 17.6 Å². The highest BCUT2D eigenvalue weighted by Gasteiger charge is 2.56. The molecule has 5 heteroatoms. The summed E-state index contributed by atoms with van der Waals surface area (Å²) in [6.45, 7) is 0.338. The van der Waals surface area contributed by atoms with Gasteiger partial charge in [-0.1, -0.05) is 29.6 Å². The van der Waals surface area contributed by atoms with Crippen LogP contribution in [-0.2, 0) is 4.79 Å². The third-order valence-corrected chi connectivity index (χ3v) is 4.59. The molecule has 2 atom stereocenters. The number of thiazole rings is 1. The molecule has 18 heavy (non-hydrogen) atoms. The first-order valence-corrected chi connectivity index (χ1v) is 7.07. The van der Waals surface area contributed by atoms with Crippen LogP contribution in [-0.4, -0.2) is 17.4 Å². The van der Waals surface area contributed by atoms with Crippen molar-refractivity contribution >= 4 is 22.4 Å². The van der Waals surface area contributed by atoms with Gasteiger partial charge in [-0.2, -0.15) is 0 Å². The van der Waals surface area contributed by atoms with Crippen molar-refractivity contribution in [2.45, 2.75) is 19.3 Å². The van der Waals surface area contributed by atoms with Crippen molar-refractivity contribution in [2.24, 2.45) is 23.5 Å². The highest BCUT2D eigenvalue weighted by atomic mass is 32.1. The minimum absolute atomic E-state index is 0.136. The molecule has 3 rings (SSSR count). The van der Waals surface area contributed by atoms with Crippen molar-refractivity contribution in [3.63, 3.8) is 0 Å². The maximum Gasteiger partial charge on any atom is 0.229 e. The van der Waals surface area contributed by atoms with Crippen LogP contribution in [0.15, 0.2) is 6.20 Å². The number of anilines is 1. The molecule has 2 unspecified atom stereocenters. The molecule has 0 aliphatic heterocycles. The zero-order valence-electron chi connectivity index (χ0n) is 9.98. The lowest BCUT2D eigenvalue weighted by Crippen LogP contribution is -2.16. The lowest BCUT2D eigenvalue weighted by atomic mass is 10.1. The van der Waals surface area contributed by atoms with Crippen LogP contribution in [0.2, 0.25) is 0 Å². The highest BCUT2D eigenvalue weighted by Crippen LogP contribution is 2.57. The average Bonchev–Trinajstić information content (AvgIpc) is 2.76. The molecule has 1 aromatic heterocycles. The van der Waals surface area contributed by atoms with Gasteiger partial charge in [0, 0.05) is 5.92 Å². The van der Waals surface area contributed by atoms with E-state index in [2.05, 4.69) is 22.1 Å². The molecule has 2 aliphatic carbocycles. The molecule has 3 N–H and O–H groups in total. The summed E-state index contributed by atoms with van der Waals surface area (Å²) in [6.07, 6.45) is 5.40. The quantitative estimate of drug-likeness (QED) is 0.792. The van der Waals surface area contributed by atoms with E-state index >= 15 is 0 Å². The second-order valence-corrected chi connectivity index (χ2v) is 5.84. The van der Waals surface area contributed by atoms with E-state index in [9.17, 15) is 4.79 Å². The molecule has 0 bridgehead atoms. The largest absolute Gasteiger partial charge is 0.320 e. The number of rotatable bonds is 2. The van der Waals surface area contributed by atoms with Gasteiger partial charge < -0.3 is 11.1 Å². The Bertz CT molecular complexity index is 518. The van der Waals surface area contributed by atoms with Gasteiger partial charge in [0.2, 0.25) is 5.91 Å². The molecule has 2 fully saturated rings. The Balaban J connectivity index is 1.59. The summed E-state index contributed by atoms with van der Waals surface area (Å²) < 4.78 is 0. The summed E-state index contributed by atoms with van der Waals surface area (Å²) in [5, 5.41) is 3.54. The molecule has 4 nitrogen and oxygen atoms in total. The first kappa shape index (κ1) is 11.7. The average molecular weight is 261 g/mol. The predicted octanol–water partition coefficient (Wildman–Crippen LogP) is 1.44. The van der Waals surface area contributed by atoms with E-state index in [-0.39, 0.29) is 11.8 Å². The first-order valence-electron chi connectivity index (χ1n) is 6.25. The van der Waals surface area contributed by atoms with Gasteiger partial charge in [-0.3, -0.25) is 4.79 Å². The van der Waals surface area contributed by atoms with Crippen LogP contribution in [0.3, 0.4) is 0 Å². The third kappa shape index (κ3) is 2.14. The van der Waals surface area contributed by atoms with Crippen LogP contribution in [0.1, 0.15) is 24.1 Å². The van der Waals surface area contributed by atoms with Crippen molar-refractivity contribution in [2.75, 3.05) is 11.9 Å². The fourth-order valence-corrected chi connectivity index (χ4v) is 3.62. The maximum absolute atomic E-state index is 12.0. The minimum atomic E-state index is 0.136. The first-order chi connectivity index (χ1) is 8.79. The topological polar surface area (TPSA) is 68.0 Å². The van der Waals surface area contributed by atoms with Crippen LogP contribution < -0.4 is 11.1 Å². The predicted molar refractivity (Wildman–Crippen MR) is 71.0 cm³/mol.